The lowest BCUT2D eigenvalue weighted by molar-refractivity contribution is 0.517. The van der Waals surface area contributed by atoms with Gasteiger partial charge in [0.2, 0.25) is 0 Å². The summed E-state index contributed by atoms with van der Waals surface area (Å²) in [6.07, 6.45) is 2.80. The van der Waals surface area contributed by atoms with Crippen molar-refractivity contribution in [3.63, 3.8) is 0 Å². The Labute approximate surface area is 148 Å². The monoisotopic (exact) mass is 354 g/mol. The van der Waals surface area contributed by atoms with Crippen molar-refractivity contribution < 1.29 is 17.6 Å². The molecule has 0 unspecified atom stereocenters. The second kappa shape index (κ2) is 7.45. The molecule has 0 bridgehead atoms. The molecular formula is C22H14F4. The van der Waals surface area contributed by atoms with Crippen LogP contribution in [0.2, 0.25) is 0 Å². The van der Waals surface area contributed by atoms with E-state index in [0.29, 0.717) is 29.4 Å². The molecule has 0 aliphatic carbocycles. The maximum atomic E-state index is 14.1. The minimum Gasteiger partial charge on any atom is -0.206 e. The number of hydrogen-bond donors (Lipinski definition) is 0. The molecule has 0 radical (unpaired) electrons. The first kappa shape index (κ1) is 17.8. The second-order valence-electron chi connectivity index (χ2n) is 5.81. The van der Waals surface area contributed by atoms with E-state index in [0.717, 1.165) is 6.07 Å². The van der Waals surface area contributed by atoms with Gasteiger partial charge in [-0.3, -0.25) is 0 Å². The molecule has 26 heavy (non-hydrogen) atoms. The third-order valence-corrected chi connectivity index (χ3v) is 3.98. The molecule has 0 heterocycles. The fraction of sp³-hybridized carbons (Fsp3) is 0.0909. The summed E-state index contributed by atoms with van der Waals surface area (Å²) in [6.45, 7) is 3.58. The van der Waals surface area contributed by atoms with Gasteiger partial charge < -0.3 is 0 Å². The number of halogens is 4. The zero-order chi connectivity index (χ0) is 18.7. The molecule has 0 nitrogen and oxygen atoms in total. The summed E-state index contributed by atoms with van der Waals surface area (Å²) in [7, 11) is 0. The maximum absolute atomic E-state index is 14.1. The molecule has 0 fully saturated rings. The minimum atomic E-state index is -0.936. The first-order valence-corrected chi connectivity index (χ1v) is 7.98. The maximum Gasteiger partial charge on any atom is 0.166 e. The summed E-state index contributed by atoms with van der Waals surface area (Å²) in [5, 5.41) is 0.580. The lowest BCUT2D eigenvalue weighted by atomic mass is 10.0. The molecule has 130 valence electrons. The van der Waals surface area contributed by atoms with Crippen LogP contribution in [0.15, 0.2) is 55.1 Å². The minimum absolute atomic E-state index is 0.125. The van der Waals surface area contributed by atoms with E-state index in [1.165, 1.54) is 30.3 Å². The van der Waals surface area contributed by atoms with Gasteiger partial charge in [-0.25, -0.2) is 17.6 Å². The highest BCUT2D eigenvalue weighted by Gasteiger charge is 2.10. The van der Waals surface area contributed by atoms with Gasteiger partial charge in [0.25, 0.3) is 0 Å². The summed E-state index contributed by atoms with van der Waals surface area (Å²) in [6, 6.07) is 9.38. The smallest absolute Gasteiger partial charge is 0.166 e. The molecule has 0 N–H and O–H groups in total. The molecule has 3 aromatic carbocycles. The molecule has 0 saturated carbocycles. The van der Waals surface area contributed by atoms with Gasteiger partial charge in [0.1, 0.15) is 11.6 Å². The van der Waals surface area contributed by atoms with Crippen LogP contribution in [-0.4, -0.2) is 0 Å². The van der Waals surface area contributed by atoms with E-state index in [9.17, 15) is 17.6 Å². The second-order valence-corrected chi connectivity index (χ2v) is 5.81. The molecule has 0 aliphatic heterocycles. The van der Waals surface area contributed by atoms with Crippen molar-refractivity contribution in [3.05, 3.63) is 95.1 Å². The van der Waals surface area contributed by atoms with Crippen LogP contribution in [0.1, 0.15) is 23.1 Å². The highest BCUT2D eigenvalue weighted by molar-refractivity contribution is 5.84. The molecule has 0 aliphatic rings. The van der Waals surface area contributed by atoms with Crippen LogP contribution < -0.4 is 0 Å². The predicted octanol–water partition coefficient (Wildman–Crippen LogP) is 5.91. The third kappa shape index (κ3) is 3.62. The molecule has 0 atom stereocenters. The van der Waals surface area contributed by atoms with E-state index >= 15 is 0 Å². The van der Waals surface area contributed by atoms with E-state index in [4.69, 9.17) is 0 Å². The van der Waals surface area contributed by atoms with Crippen molar-refractivity contribution in [1.82, 2.24) is 0 Å². The van der Waals surface area contributed by atoms with Gasteiger partial charge in [-0.1, -0.05) is 30.0 Å². The first-order valence-electron chi connectivity index (χ1n) is 7.98. The van der Waals surface area contributed by atoms with Crippen LogP contribution in [0.3, 0.4) is 0 Å². The van der Waals surface area contributed by atoms with Gasteiger partial charge in [-0.2, -0.15) is 0 Å². The van der Waals surface area contributed by atoms with Gasteiger partial charge in [0, 0.05) is 10.9 Å². The van der Waals surface area contributed by atoms with Crippen LogP contribution >= 0.6 is 0 Å². The first-order chi connectivity index (χ1) is 12.5. The van der Waals surface area contributed by atoms with Crippen molar-refractivity contribution in [2.45, 2.75) is 12.8 Å². The van der Waals surface area contributed by atoms with Crippen molar-refractivity contribution in [2.75, 3.05) is 0 Å². The summed E-state index contributed by atoms with van der Waals surface area (Å²) >= 11 is 0. The third-order valence-electron chi connectivity index (χ3n) is 3.98. The standard InChI is InChI=1S/C22H14F4/c1-2-3-4-15-12-20(24)18(21(25)13-15)9-6-14-5-8-17-16(11-14)7-10-19(23)22(17)26/h2,5,7-8,10-13H,1,3-4H2. The largest absolute Gasteiger partial charge is 0.206 e. The highest BCUT2D eigenvalue weighted by Crippen LogP contribution is 2.22. The summed E-state index contributed by atoms with van der Waals surface area (Å²) in [5.41, 5.74) is 0.657. The molecule has 0 saturated heterocycles. The number of benzene rings is 3. The number of aryl methyl sites for hydroxylation is 1. The van der Waals surface area contributed by atoms with Gasteiger partial charge in [-0.15, -0.1) is 6.58 Å². The number of allylic oxidation sites excluding steroid dienone is 1. The lowest BCUT2D eigenvalue weighted by Gasteiger charge is -2.03. The Morgan fingerprint density at radius 1 is 0.846 bits per heavy atom. The number of fused-ring (bicyclic) bond motifs is 1. The van der Waals surface area contributed by atoms with Gasteiger partial charge in [0.15, 0.2) is 11.6 Å². The van der Waals surface area contributed by atoms with Crippen molar-refractivity contribution >= 4 is 10.8 Å². The van der Waals surface area contributed by atoms with E-state index in [2.05, 4.69) is 18.4 Å². The topological polar surface area (TPSA) is 0 Å². The molecule has 0 amide bonds. The summed E-state index contributed by atoms with van der Waals surface area (Å²) in [4.78, 5) is 0. The summed E-state index contributed by atoms with van der Waals surface area (Å²) < 4.78 is 55.2. The molecule has 0 spiro atoms. The van der Waals surface area contributed by atoms with E-state index in [1.54, 1.807) is 12.1 Å². The molecule has 3 rings (SSSR count). The molecule has 0 aromatic heterocycles. The molecular weight excluding hydrogens is 340 g/mol. The van der Waals surface area contributed by atoms with E-state index in [-0.39, 0.29) is 10.9 Å². The average molecular weight is 354 g/mol. The Morgan fingerprint density at radius 3 is 2.27 bits per heavy atom. The average Bonchev–Trinajstić information content (AvgIpc) is 2.62. The van der Waals surface area contributed by atoms with Crippen LogP contribution in [0.4, 0.5) is 17.6 Å². The van der Waals surface area contributed by atoms with Crippen LogP contribution in [0, 0.1) is 35.1 Å². The Hall–Kier alpha value is -3.06. The zero-order valence-electron chi connectivity index (χ0n) is 13.8. The molecule has 4 heteroatoms. The van der Waals surface area contributed by atoms with E-state index in [1.807, 2.05) is 0 Å². The highest BCUT2D eigenvalue weighted by atomic mass is 19.2. The normalized spacial score (nSPS) is 10.5. The van der Waals surface area contributed by atoms with Crippen LogP contribution in [-0.2, 0) is 6.42 Å². The Kier molecular flexibility index (Phi) is 5.09. The van der Waals surface area contributed by atoms with Crippen LogP contribution in [0.5, 0.6) is 0 Å². The fourth-order valence-corrected chi connectivity index (χ4v) is 2.64. The quantitative estimate of drug-likeness (QED) is 0.311. The Balaban J connectivity index is 1.95. The lowest BCUT2D eigenvalue weighted by Crippen LogP contribution is -1.95. The van der Waals surface area contributed by atoms with Crippen LogP contribution in [0.25, 0.3) is 10.8 Å². The zero-order valence-corrected chi connectivity index (χ0v) is 13.8. The van der Waals surface area contributed by atoms with Crippen molar-refractivity contribution in [1.29, 1.82) is 0 Å². The van der Waals surface area contributed by atoms with Gasteiger partial charge in [0.05, 0.1) is 5.56 Å². The Bertz CT molecular complexity index is 1030. The number of hydrogen-bond acceptors (Lipinski definition) is 0. The Morgan fingerprint density at radius 2 is 1.58 bits per heavy atom. The fourth-order valence-electron chi connectivity index (χ4n) is 2.64. The number of rotatable bonds is 3. The molecule has 3 aromatic rings. The summed E-state index contributed by atoms with van der Waals surface area (Å²) in [5.74, 6) is 1.82. The SMILES string of the molecule is C=CCCc1cc(F)c(C#Cc2ccc3c(F)c(F)ccc3c2)c(F)c1. The predicted molar refractivity (Wildman–Crippen MR) is 94.7 cm³/mol. The van der Waals surface area contributed by atoms with Crippen molar-refractivity contribution in [2.24, 2.45) is 0 Å². The van der Waals surface area contributed by atoms with Crippen molar-refractivity contribution in [3.8, 4) is 11.8 Å². The van der Waals surface area contributed by atoms with Gasteiger partial charge >= 0.3 is 0 Å². The van der Waals surface area contributed by atoms with Gasteiger partial charge in [-0.05, 0) is 54.1 Å². The van der Waals surface area contributed by atoms with E-state index < -0.39 is 23.3 Å².